The average molecular weight is 268 g/mol. The van der Waals surface area contributed by atoms with Crippen molar-refractivity contribution in [1.82, 2.24) is 0 Å². The van der Waals surface area contributed by atoms with Gasteiger partial charge in [-0.1, -0.05) is 37.6 Å². The van der Waals surface area contributed by atoms with Crippen molar-refractivity contribution in [2.24, 2.45) is 5.73 Å². The highest BCUT2D eigenvalue weighted by molar-refractivity contribution is 5.98. The van der Waals surface area contributed by atoms with Gasteiger partial charge in [-0.25, -0.2) is 0 Å². The second-order valence-electron chi connectivity index (χ2n) is 4.86. The molecule has 3 nitrogen and oxygen atoms in total. The van der Waals surface area contributed by atoms with Gasteiger partial charge in [0.05, 0.1) is 5.56 Å². The predicted molar refractivity (Wildman–Crippen MR) is 82.7 cm³/mol. The van der Waals surface area contributed by atoms with Crippen molar-refractivity contribution in [3.05, 3.63) is 59.2 Å². The van der Waals surface area contributed by atoms with Crippen LogP contribution in [0.1, 0.15) is 30.0 Å². The van der Waals surface area contributed by atoms with Crippen LogP contribution in [0.25, 0.3) is 0 Å². The molecule has 2 aromatic carbocycles. The highest BCUT2D eigenvalue weighted by Crippen LogP contribution is 2.29. The Labute approximate surface area is 119 Å². The molecule has 0 heterocycles. The minimum atomic E-state index is 0.0197. The van der Waals surface area contributed by atoms with Gasteiger partial charge in [-0.3, -0.25) is 5.41 Å². The molecule has 0 aromatic heterocycles. The van der Waals surface area contributed by atoms with Gasteiger partial charge in [0.25, 0.3) is 0 Å². The summed E-state index contributed by atoms with van der Waals surface area (Å²) in [7, 11) is 0. The molecule has 0 saturated carbocycles. The van der Waals surface area contributed by atoms with Gasteiger partial charge in [0, 0.05) is 0 Å². The van der Waals surface area contributed by atoms with Crippen molar-refractivity contribution in [2.45, 2.75) is 26.7 Å². The fraction of sp³-hybridized carbons (Fsp3) is 0.235. The fourth-order valence-corrected chi connectivity index (χ4v) is 2.13. The number of amidine groups is 1. The van der Waals surface area contributed by atoms with E-state index in [0.717, 1.165) is 24.2 Å². The molecule has 0 atom stereocenters. The van der Waals surface area contributed by atoms with Crippen LogP contribution in [0.5, 0.6) is 11.5 Å². The summed E-state index contributed by atoms with van der Waals surface area (Å²) in [6.45, 7) is 4.12. The summed E-state index contributed by atoms with van der Waals surface area (Å²) in [4.78, 5) is 0. The zero-order valence-electron chi connectivity index (χ0n) is 11.9. The van der Waals surface area contributed by atoms with Crippen LogP contribution in [-0.4, -0.2) is 5.84 Å². The molecule has 0 aliphatic carbocycles. The highest BCUT2D eigenvalue weighted by atomic mass is 16.5. The Balaban J connectivity index is 2.27. The molecule has 0 spiro atoms. The molecule has 3 heteroatoms. The number of para-hydroxylation sites is 1. The van der Waals surface area contributed by atoms with Crippen molar-refractivity contribution in [3.8, 4) is 11.5 Å². The Bertz CT molecular complexity index is 603. The SMILES string of the molecule is CCCc1ccc(Oc2c(C)cccc2C(=N)N)cc1. The number of nitrogen functional groups attached to an aromatic ring is 1. The first kappa shape index (κ1) is 14.1. The Hall–Kier alpha value is -2.29. The van der Waals surface area contributed by atoms with Crippen molar-refractivity contribution < 1.29 is 4.74 Å². The number of rotatable bonds is 5. The van der Waals surface area contributed by atoms with E-state index in [0.29, 0.717) is 11.3 Å². The average Bonchev–Trinajstić information content (AvgIpc) is 2.43. The normalized spacial score (nSPS) is 10.3. The Morgan fingerprint density at radius 3 is 2.45 bits per heavy atom. The Morgan fingerprint density at radius 1 is 1.15 bits per heavy atom. The van der Waals surface area contributed by atoms with Crippen LogP contribution >= 0.6 is 0 Å². The van der Waals surface area contributed by atoms with E-state index in [1.807, 2.05) is 31.2 Å². The van der Waals surface area contributed by atoms with E-state index < -0.39 is 0 Å². The van der Waals surface area contributed by atoms with Gasteiger partial charge in [-0.2, -0.15) is 0 Å². The van der Waals surface area contributed by atoms with E-state index >= 15 is 0 Å². The van der Waals surface area contributed by atoms with E-state index in [9.17, 15) is 0 Å². The van der Waals surface area contributed by atoms with Crippen LogP contribution in [0.4, 0.5) is 0 Å². The maximum absolute atomic E-state index is 7.63. The number of hydrogen-bond donors (Lipinski definition) is 2. The Kier molecular flexibility index (Phi) is 4.41. The zero-order chi connectivity index (χ0) is 14.5. The molecule has 2 rings (SSSR count). The van der Waals surface area contributed by atoms with E-state index in [1.165, 1.54) is 5.56 Å². The second-order valence-corrected chi connectivity index (χ2v) is 4.86. The molecule has 0 fully saturated rings. The largest absolute Gasteiger partial charge is 0.456 e. The number of hydrogen-bond acceptors (Lipinski definition) is 2. The third-order valence-electron chi connectivity index (χ3n) is 3.18. The molecule has 0 amide bonds. The van der Waals surface area contributed by atoms with Gasteiger partial charge in [0.1, 0.15) is 17.3 Å². The second kappa shape index (κ2) is 6.24. The van der Waals surface area contributed by atoms with Gasteiger partial charge in [0.2, 0.25) is 0 Å². The van der Waals surface area contributed by atoms with Crippen molar-refractivity contribution in [3.63, 3.8) is 0 Å². The van der Waals surface area contributed by atoms with Crippen LogP contribution in [0.15, 0.2) is 42.5 Å². The topological polar surface area (TPSA) is 59.1 Å². The summed E-state index contributed by atoms with van der Waals surface area (Å²) in [6, 6.07) is 13.7. The van der Waals surface area contributed by atoms with Crippen LogP contribution in [-0.2, 0) is 6.42 Å². The Morgan fingerprint density at radius 2 is 1.85 bits per heavy atom. The molecule has 0 aliphatic rings. The summed E-state index contributed by atoms with van der Waals surface area (Å²) < 4.78 is 5.91. The maximum atomic E-state index is 7.63. The van der Waals surface area contributed by atoms with Gasteiger partial charge in [0.15, 0.2) is 0 Å². The summed E-state index contributed by atoms with van der Waals surface area (Å²) >= 11 is 0. The van der Waals surface area contributed by atoms with E-state index in [4.69, 9.17) is 15.9 Å². The van der Waals surface area contributed by atoms with Crippen LogP contribution < -0.4 is 10.5 Å². The van der Waals surface area contributed by atoms with E-state index in [-0.39, 0.29) is 5.84 Å². The third-order valence-corrected chi connectivity index (χ3v) is 3.18. The molecular weight excluding hydrogens is 248 g/mol. The number of nitrogens with one attached hydrogen (secondary N) is 1. The molecule has 0 aliphatic heterocycles. The molecule has 0 radical (unpaired) electrons. The molecule has 0 unspecified atom stereocenters. The lowest BCUT2D eigenvalue weighted by Crippen LogP contribution is -2.12. The summed E-state index contributed by atoms with van der Waals surface area (Å²) in [5, 5.41) is 7.63. The van der Waals surface area contributed by atoms with Crippen molar-refractivity contribution in [2.75, 3.05) is 0 Å². The summed E-state index contributed by atoms with van der Waals surface area (Å²) in [5.74, 6) is 1.44. The minimum Gasteiger partial charge on any atom is -0.456 e. The highest BCUT2D eigenvalue weighted by Gasteiger charge is 2.10. The number of aryl methyl sites for hydroxylation is 2. The molecule has 20 heavy (non-hydrogen) atoms. The van der Waals surface area contributed by atoms with Crippen LogP contribution in [0.2, 0.25) is 0 Å². The van der Waals surface area contributed by atoms with Crippen LogP contribution in [0.3, 0.4) is 0 Å². The van der Waals surface area contributed by atoms with E-state index in [2.05, 4.69) is 19.1 Å². The first-order valence-electron chi connectivity index (χ1n) is 6.82. The van der Waals surface area contributed by atoms with Gasteiger partial charge in [-0.15, -0.1) is 0 Å². The monoisotopic (exact) mass is 268 g/mol. The standard InChI is InChI=1S/C17H20N2O/c1-3-5-13-8-10-14(11-9-13)20-16-12(2)6-4-7-15(16)17(18)19/h4,6-11H,3,5H2,1-2H3,(H3,18,19). The van der Waals surface area contributed by atoms with Crippen molar-refractivity contribution in [1.29, 1.82) is 5.41 Å². The summed E-state index contributed by atoms with van der Waals surface area (Å²) in [6.07, 6.45) is 2.20. The quantitative estimate of drug-likeness (QED) is 0.635. The molecule has 3 N–H and O–H groups in total. The minimum absolute atomic E-state index is 0.0197. The fourth-order valence-electron chi connectivity index (χ4n) is 2.13. The smallest absolute Gasteiger partial charge is 0.141 e. The lowest BCUT2D eigenvalue weighted by atomic mass is 10.1. The number of benzene rings is 2. The molecule has 2 aromatic rings. The first-order valence-corrected chi connectivity index (χ1v) is 6.82. The molecule has 0 saturated heterocycles. The first-order chi connectivity index (χ1) is 9.61. The lowest BCUT2D eigenvalue weighted by molar-refractivity contribution is 0.477. The summed E-state index contributed by atoms with van der Waals surface area (Å²) in [5.41, 5.74) is 8.50. The third kappa shape index (κ3) is 3.18. The lowest BCUT2D eigenvalue weighted by Gasteiger charge is -2.13. The van der Waals surface area contributed by atoms with E-state index in [1.54, 1.807) is 6.07 Å². The maximum Gasteiger partial charge on any atom is 0.141 e. The van der Waals surface area contributed by atoms with Gasteiger partial charge in [-0.05, 0) is 42.7 Å². The number of ether oxygens (including phenoxy) is 1. The molecule has 104 valence electrons. The molecule has 0 bridgehead atoms. The van der Waals surface area contributed by atoms with Gasteiger partial charge < -0.3 is 10.5 Å². The van der Waals surface area contributed by atoms with Gasteiger partial charge >= 0.3 is 0 Å². The molecular formula is C17H20N2O. The predicted octanol–water partition coefficient (Wildman–Crippen LogP) is 4.02. The zero-order valence-corrected chi connectivity index (χ0v) is 11.9. The number of nitrogens with two attached hydrogens (primary N) is 1. The van der Waals surface area contributed by atoms with Crippen molar-refractivity contribution >= 4 is 5.84 Å². The van der Waals surface area contributed by atoms with Crippen LogP contribution in [0, 0.1) is 12.3 Å².